The molecule has 1 aromatic heterocycles. The van der Waals surface area contributed by atoms with Crippen molar-refractivity contribution in [2.24, 2.45) is 7.05 Å². The number of hydrogen-bond donors (Lipinski definition) is 0. The summed E-state index contributed by atoms with van der Waals surface area (Å²) in [6, 6.07) is 5.91. The average Bonchev–Trinajstić information content (AvgIpc) is 2.24. The van der Waals surface area contributed by atoms with E-state index in [1.807, 2.05) is 25.1 Å². The molecule has 0 aliphatic heterocycles. The van der Waals surface area contributed by atoms with Crippen LogP contribution in [0.1, 0.15) is 32.2 Å². The van der Waals surface area contributed by atoms with Gasteiger partial charge in [0.05, 0.1) is 10.9 Å². The van der Waals surface area contributed by atoms with E-state index in [2.05, 4.69) is 25.8 Å². The number of nitrogens with zero attached hydrogens (tertiary/aromatic N) is 2. The van der Waals surface area contributed by atoms with Gasteiger partial charge in [0.25, 0.3) is 5.56 Å². The Labute approximate surface area is 101 Å². The average molecular weight is 230 g/mol. The van der Waals surface area contributed by atoms with E-state index < -0.39 is 0 Å². The summed E-state index contributed by atoms with van der Waals surface area (Å²) >= 11 is 0. The van der Waals surface area contributed by atoms with Gasteiger partial charge in [-0.15, -0.1) is 0 Å². The fourth-order valence-electron chi connectivity index (χ4n) is 1.85. The largest absolute Gasteiger partial charge is 0.299 e. The van der Waals surface area contributed by atoms with Crippen molar-refractivity contribution < 1.29 is 0 Å². The third-order valence-corrected chi connectivity index (χ3v) is 3.17. The van der Waals surface area contributed by atoms with Gasteiger partial charge in [-0.25, -0.2) is 4.98 Å². The Morgan fingerprint density at radius 1 is 1.24 bits per heavy atom. The van der Waals surface area contributed by atoms with Crippen LogP contribution in [-0.2, 0) is 12.5 Å². The molecular weight excluding hydrogens is 212 g/mol. The lowest BCUT2D eigenvalue weighted by atomic mass is 9.86. The van der Waals surface area contributed by atoms with Gasteiger partial charge in [0.15, 0.2) is 0 Å². The fraction of sp³-hybridized carbons (Fsp3) is 0.429. The van der Waals surface area contributed by atoms with Crippen molar-refractivity contribution in [3.05, 3.63) is 39.9 Å². The molecule has 0 fully saturated rings. The molecule has 0 saturated heterocycles. The van der Waals surface area contributed by atoms with Crippen LogP contribution in [0.4, 0.5) is 0 Å². The predicted molar refractivity (Wildman–Crippen MR) is 70.4 cm³/mol. The first-order valence-electron chi connectivity index (χ1n) is 5.78. The topological polar surface area (TPSA) is 34.9 Å². The van der Waals surface area contributed by atoms with Crippen LogP contribution in [0.3, 0.4) is 0 Å². The van der Waals surface area contributed by atoms with E-state index in [1.165, 1.54) is 5.56 Å². The van der Waals surface area contributed by atoms with E-state index in [9.17, 15) is 4.79 Å². The molecule has 0 aliphatic rings. The molecule has 17 heavy (non-hydrogen) atoms. The Kier molecular flexibility index (Phi) is 2.57. The molecule has 0 bridgehead atoms. The molecule has 2 rings (SSSR count). The molecule has 1 aromatic carbocycles. The molecule has 0 aliphatic carbocycles. The van der Waals surface area contributed by atoms with E-state index in [-0.39, 0.29) is 11.0 Å². The summed E-state index contributed by atoms with van der Waals surface area (Å²) in [6.07, 6.45) is 0. The van der Waals surface area contributed by atoms with Crippen molar-refractivity contribution in [2.75, 3.05) is 0 Å². The highest BCUT2D eigenvalue weighted by Gasteiger charge is 2.15. The van der Waals surface area contributed by atoms with Crippen LogP contribution >= 0.6 is 0 Å². The molecule has 0 atom stereocenters. The van der Waals surface area contributed by atoms with Crippen LogP contribution in [0.5, 0.6) is 0 Å². The highest BCUT2D eigenvalue weighted by atomic mass is 16.1. The zero-order valence-corrected chi connectivity index (χ0v) is 11.0. The molecule has 90 valence electrons. The Balaban J connectivity index is 2.81. The molecule has 0 unspecified atom stereocenters. The van der Waals surface area contributed by atoms with Crippen LogP contribution < -0.4 is 5.56 Å². The summed E-state index contributed by atoms with van der Waals surface area (Å²) in [4.78, 5) is 16.5. The monoisotopic (exact) mass is 230 g/mol. The van der Waals surface area contributed by atoms with Gasteiger partial charge in [0.1, 0.15) is 5.82 Å². The van der Waals surface area contributed by atoms with Crippen molar-refractivity contribution in [3.63, 3.8) is 0 Å². The summed E-state index contributed by atoms with van der Waals surface area (Å²) in [5.41, 5.74) is 2.08. The highest BCUT2D eigenvalue weighted by molar-refractivity contribution is 5.78. The Bertz CT molecular complexity index is 633. The SMILES string of the molecule is Cc1nc2cc(C(C)(C)C)ccc2c(=O)n1C. The number of benzene rings is 1. The Morgan fingerprint density at radius 2 is 1.88 bits per heavy atom. The smallest absolute Gasteiger partial charge is 0.261 e. The number of rotatable bonds is 0. The predicted octanol–water partition coefficient (Wildman–Crippen LogP) is 2.54. The van der Waals surface area contributed by atoms with Crippen LogP contribution in [0, 0.1) is 6.92 Å². The third-order valence-electron chi connectivity index (χ3n) is 3.17. The number of aromatic nitrogens is 2. The van der Waals surface area contributed by atoms with Crippen molar-refractivity contribution in [2.45, 2.75) is 33.1 Å². The molecule has 1 heterocycles. The fourth-order valence-corrected chi connectivity index (χ4v) is 1.85. The van der Waals surface area contributed by atoms with E-state index in [0.29, 0.717) is 5.39 Å². The van der Waals surface area contributed by atoms with E-state index >= 15 is 0 Å². The summed E-state index contributed by atoms with van der Waals surface area (Å²) < 4.78 is 1.58. The highest BCUT2D eigenvalue weighted by Crippen LogP contribution is 2.24. The maximum absolute atomic E-state index is 12.0. The van der Waals surface area contributed by atoms with Gasteiger partial charge in [0.2, 0.25) is 0 Å². The Hall–Kier alpha value is -1.64. The quantitative estimate of drug-likeness (QED) is 0.697. The van der Waals surface area contributed by atoms with E-state index in [1.54, 1.807) is 11.6 Å². The second kappa shape index (κ2) is 3.69. The molecule has 0 radical (unpaired) electrons. The van der Waals surface area contributed by atoms with Gasteiger partial charge >= 0.3 is 0 Å². The lowest BCUT2D eigenvalue weighted by molar-refractivity contribution is 0.591. The van der Waals surface area contributed by atoms with Gasteiger partial charge in [-0.3, -0.25) is 9.36 Å². The minimum Gasteiger partial charge on any atom is -0.299 e. The van der Waals surface area contributed by atoms with Gasteiger partial charge in [0, 0.05) is 7.05 Å². The van der Waals surface area contributed by atoms with Crippen LogP contribution in [0.25, 0.3) is 10.9 Å². The summed E-state index contributed by atoms with van der Waals surface area (Å²) in [5, 5.41) is 0.686. The van der Waals surface area contributed by atoms with Crippen molar-refractivity contribution in [1.29, 1.82) is 0 Å². The number of fused-ring (bicyclic) bond motifs is 1. The van der Waals surface area contributed by atoms with Gasteiger partial charge in [-0.05, 0) is 30.0 Å². The summed E-state index contributed by atoms with van der Waals surface area (Å²) in [6.45, 7) is 8.32. The van der Waals surface area contributed by atoms with Gasteiger partial charge < -0.3 is 0 Å². The lowest BCUT2D eigenvalue weighted by Crippen LogP contribution is -2.21. The maximum atomic E-state index is 12.0. The minimum absolute atomic E-state index is 0.0213. The van der Waals surface area contributed by atoms with E-state index in [0.717, 1.165) is 11.3 Å². The minimum atomic E-state index is 0.0213. The second-order valence-electron chi connectivity index (χ2n) is 5.51. The standard InChI is InChI=1S/C14H18N2O/c1-9-15-12-8-10(14(2,3)4)6-7-11(12)13(17)16(9)5/h6-8H,1-5H3. The number of hydrogen-bond acceptors (Lipinski definition) is 2. The number of aryl methyl sites for hydroxylation is 1. The normalized spacial score (nSPS) is 12.1. The van der Waals surface area contributed by atoms with Crippen molar-refractivity contribution >= 4 is 10.9 Å². The molecule has 0 spiro atoms. The Morgan fingerprint density at radius 3 is 2.47 bits per heavy atom. The van der Waals surface area contributed by atoms with Crippen molar-refractivity contribution in [3.8, 4) is 0 Å². The molecule has 0 saturated carbocycles. The molecule has 0 amide bonds. The lowest BCUT2D eigenvalue weighted by Gasteiger charge is -2.19. The maximum Gasteiger partial charge on any atom is 0.261 e. The molecule has 3 nitrogen and oxygen atoms in total. The first-order chi connectivity index (χ1) is 7.80. The first-order valence-corrected chi connectivity index (χ1v) is 5.78. The molecule has 3 heteroatoms. The van der Waals surface area contributed by atoms with E-state index in [4.69, 9.17) is 0 Å². The van der Waals surface area contributed by atoms with Crippen molar-refractivity contribution in [1.82, 2.24) is 9.55 Å². The first kappa shape index (κ1) is 11.8. The summed E-state index contributed by atoms with van der Waals surface area (Å²) in [5.74, 6) is 0.744. The van der Waals surface area contributed by atoms with Gasteiger partial charge in [-0.1, -0.05) is 26.8 Å². The van der Waals surface area contributed by atoms with Crippen LogP contribution in [0.15, 0.2) is 23.0 Å². The van der Waals surface area contributed by atoms with Gasteiger partial charge in [-0.2, -0.15) is 0 Å². The molecule has 2 aromatic rings. The van der Waals surface area contributed by atoms with Crippen LogP contribution in [-0.4, -0.2) is 9.55 Å². The zero-order chi connectivity index (χ0) is 12.8. The summed E-state index contributed by atoms with van der Waals surface area (Å²) in [7, 11) is 1.75. The zero-order valence-electron chi connectivity index (χ0n) is 11.0. The molecule has 0 N–H and O–H groups in total. The third kappa shape index (κ3) is 1.97. The van der Waals surface area contributed by atoms with Crippen LogP contribution in [0.2, 0.25) is 0 Å². The molecular formula is C14H18N2O. The second-order valence-corrected chi connectivity index (χ2v) is 5.51.